The maximum Gasteiger partial charge on any atom is 0.242 e. The van der Waals surface area contributed by atoms with E-state index in [1.54, 1.807) is 12.0 Å². The van der Waals surface area contributed by atoms with Crippen LogP contribution in [0.4, 0.5) is 10.8 Å². The Balaban J connectivity index is 1.33. The number of hydrogen-bond acceptors (Lipinski definition) is 7. The van der Waals surface area contributed by atoms with Crippen molar-refractivity contribution in [2.24, 2.45) is 16.0 Å². The fourth-order valence-electron chi connectivity index (χ4n) is 4.25. The van der Waals surface area contributed by atoms with E-state index in [0.717, 1.165) is 34.0 Å². The van der Waals surface area contributed by atoms with Crippen LogP contribution in [0.5, 0.6) is 5.75 Å². The standard InChI is InChI=1S/C25H19N5O2S/c1-32-16-12-10-15(11-13-16)20-14-33-25(27-20)29-28-22-18-7-3-5-9-21(18)30-23(22)26-19-8-4-2-6-17(19)24(30)31/h2-14,17,23H,1H3,(H,27,29)/b28-22-. The third-order valence-corrected chi connectivity index (χ3v) is 6.61. The average molecular weight is 454 g/mol. The van der Waals surface area contributed by atoms with E-state index >= 15 is 0 Å². The monoisotopic (exact) mass is 453 g/mol. The lowest BCUT2D eigenvalue weighted by Gasteiger charge is -2.32. The number of anilines is 2. The molecule has 8 heteroatoms. The van der Waals surface area contributed by atoms with Crippen LogP contribution in [0.15, 0.2) is 88.3 Å². The van der Waals surface area contributed by atoms with Gasteiger partial charge >= 0.3 is 0 Å². The van der Waals surface area contributed by atoms with Gasteiger partial charge in [-0.05, 0) is 36.4 Å². The number of benzene rings is 2. The van der Waals surface area contributed by atoms with Gasteiger partial charge in [-0.3, -0.25) is 20.1 Å². The highest BCUT2D eigenvalue weighted by Gasteiger charge is 2.45. The number of hydrazone groups is 1. The zero-order valence-corrected chi connectivity index (χ0v) is 18.5. The SMILES string of the molecule is COc1ccc(-c2csc(N/N=C3/c4ccccc4N4C(=O)C5C=CC=CC5=NC34)n2)cc1. The number of carbonyl (C=O) groups is 1. The molecule has 0 bridgehead atoms. The second kappa shape index (κ2) is 7.83. The van der Waals surface area contributed by atoms with E-state index in [9.17, 15) is 4.79 Å². The van der Waals surface area contributed by atoms with Gasteiger partial charge in [0.15, 0.2) is 6.17 Å². The minimum atomic E-state index is -0.495. The van der Waals surface area contributed by atoms with Crippen LogP contribution in [-0.4, -0.2) is 35.6 Å². The minimum Gasteiger partial charge on any atom is -0.497 e. The van der Waals surface area contributed by atoms with Crippen LogP contribution < -0.4 is 15.1 Å². The second-order valence-electron chi connectivity index (χ2n) is 7.75. The minimum absolute atomic E-state index is 0.0132. The summed E-state index contributed by atoms with van der Waals surface area (Å²) in [5, 5.41) is 7.32. The van der Waals surface area contributed by atoms with Crippen LogP contribution in [0, 0.1) is 5.92 Å². The Morgan fingerprint density at radius 1 is 1.12 bits per heavy atom. The number of ether oxygens (including phenoxy) is 1. The van der Waals surface area contributed by atoms with Crippen LogP contribution in [0.2, 0.25) is 0 Å². The van der Waals surface area contributed by atoms with Gasteiger partial charge in [0.25, 0.3) is 0 Å². The molecule has 1 aliphatic carbocycles. The van der Waals surface area contributed by atoms with Crippen LogP contribution >= 0.6 is 11.3 Å². The molecular weight excluding hydrogens is 434 g/mol. The number of allylic oxidation sites excluding steroid dienone is 3. The quantitative estimate of drug-likeness (QED) is 0.590. The normalized spacial score (nSPS) is 21.5. The maximum atomic E-state index is 13.3. The highest BCUT2D eigenvalue weighted by atomic mass is 32.1. The number of methoxy groups -OCH3 is 1. The van der Waals surface area contributed by atoms with Gasteiger partial charge in [-0.2, -0.15) is 5.10 Å². The molecule has 2 atom stereocenters. The molecule has 162 valence electrons. The lowest BCUT2D eigenvalue weighted by molar-refractivity contribution is -0.119. The van der Waals surface area contributed by atoms with Crippen LogP contribution in [0.25, 0.3) is 11.3 Å². The summed E-state index contributed by atoms with van der Waals surface area (Å²) in [5.74, 6) is 0.467. The molecule has 1 aromatic heterocycles. The third-order valence-electron chi connectivity index (χ3n) is 5.87. The van der Waals surface area contributed by atoms with E-state index in [2.05, 4.69) is 15.5 Å². The lowest BCUT2D eigenvalue weighted by atomic mass is 9.94. The Bertz CT molecular complexity index is 1370. The molecule has 6 rings (SSSR count). The van der Waals surface area contributed by atoms with Crippen molar-refractivity contribution in [1.82, 2.24) is 4.98 Å². The Kier molecular flexibility index (Phi) is 4.66. The predicted octanol–water partition coefficient (Wildman–Crippen LogP) is 4.50. The molecule has 0 radical (unpaired) electrons. The lowest BCUT2D eigenvalue weighted by Crippen LogP contribution is -2.49. The molecule has 0 saturated heterocycles. The number of aliphatic imine (C=N–C) groups is 1. The molecule has 2 aliphatic heterocycles. The summed E-state index contributed by atoms with van der Waals surface area (Å²) in [6.45, 7) is 0. The van der Waals surface area contributed by atoms with Gasteiger partial charge in [-0.1, -0.05) is 36.4 Å². The van der Waals surface area contributed by atoms with E-state index in [-0.39, 0.29) is 11.8 Å². The fraction of sp³-hybridized carbons (Fsp3) is 0.120. The summed E-state index contributed by atoms with van der Waals surface area (Å²) in [4.78, 5) is 24.6. The number of carbonyl (C=O) groups excluding carboxylic acids is 1. The topological polar surface area (TPSA) is 79.2 Å². The number of rotatable bonds is 4. The maximum absolute atomic E-state index is 13.3. The number of aromatic nitrogens is 1. The summed E-state index contributed by atoms with van der Waals surface area (Å²) in [7, 11) is 1.65. The molecule has 3 aromatic rings. The van der Waals surface area contributed by atoms with Gasteiger partial charge in [0.1, 0.15) is 11.5 Å². The molecule has 33 heavy (non-hydrogen) atoms. The van der Waals surface area contributed by atoms with Crippen molar-refractivity contribution in [2.75, 3.05) is 17.4 Å². The predicted molar refractivity (Wildman–Crippen MR) is 131 cm³/mol. The Morgan fingerprint density at radius 3 is 2.82 bits per heavy atom. The van der Waals surface area contributed by atoms with Gasteiger partial charge in [-0.25, -0.2) is 4.98 Å². The molecule has 2 aromatic carbocycles. The van der Waals surface area contributed by atoms with Crippen molar-refractivity contribution in [3.05, 3.63) is 83.8 Å². The zero-order valence-electron chi connectivity index (χ0n) is 17.7. The molecule has 3 heterocycles. The van der Waals surface area contributed by atoms with Gasteiger partial charge in [0.05, 0.1) is 30.1 Å². The first-order chi connectivity index (χ1) is 16.2. The number of para-hydroxylation sites is 1. The number of nitrogens with one attached hydrogen (secondary N) is 1. The summed E-state index contributed by atoms with van der Waals surface area (Å²) < 4.78 is 5.22. The fourth-order valence-corrected chi connectivity index (χ4v) is 4.91. The number of nitrogens with zero attached hydrogens (tertiary/aromatic N) is 4. The van der Waals surface area contributed by atoms with Crippen LogP contribution in [0.3, 0.4) is 0 Å². The molecule has 0 fully saturated rings. The van der Waals surface area contributed by atoms with Crippen LogP contribution in [0.1, 0.15) is 5.56 Å². The molecule has 2 unspecified atom stereocenters. The highest BCUT2D eigenvalue weighted by Crippen LogP contribution is 2.38. The van der Waals surface area contributed by atoms with Crippen molar-refractivity contribution in [2.45, 2.75) is 6.17 Å². The van der Waals surface area contributed by atoms with E-state index in [1.807, 2.05) is 78.2 Å². The highest BCUT2D eigenvalue weighted by molar-refractivity contribution is 7.14. The molecule has 1 N–H and O–H groups in total. The van der Waals surface area contributed by atoms with Crippen molar-refractivity contribution >= 4 is 39.5 Å². The molecule has 1 amide bonds. The zero-order chi connectivity index (χ0) is 22.4. The van der Waals surface area contributed by atoms with Gasteiger partial charge in [0, 0.05) is 16.5 Å². The van der Waals surface area contributed by atoms with E-state index in [4.69, 9.17) is 9.73 Å². The van der Waals surface area contributed by atoms with Gasteiger partial charge < -0.3 is 4.74 Å². The molecule has 3 aliphatic rings. The number of fused-ring (bicyclic) bond motifs is 4. The van der Waals surface area contributed by atoms with Gasteiger partial charge in [-0.15, -0.1) is 11.3 Å². The molecular formula is C25H19N5O2S. The summed E-state index contributed by atoms with van der Waals surface area (Å²) in [6, 6.07) is 15.6. The summed E-state index contributed by atoms with van der Waals surface area (Å²) >= 11 is 1.47. The van der Waals surface area contributed by atoms with Gasteiger partial charge in [0.2, 0.25) is 11.0 Å². The second-order valence-corrected chi connectivity index (χ2v) is 8.61. The summed E-state index contributed by atoms with van der Waals surface area (Å²) in [6.07, 6.45) is 7.10. The first-order valence-corrected chi connectivity index (χ1v) is 11.4. The average Bonchev–Trinajstić information content (AvgIpc) is 3.46. The van der Waals surface area contributed by atoms with E-state index in [0.29, 0.717) is 10.8 Å². The van der Waals surface area contributed by atoms with E-state index in [1.165, 1.54) is 11.3 Å². The van der Waals surface area contributed by atoms with Crippen molar-refractivity contribution in [3.8, 4) is 17.0 Å². The Hall–Kier alpha value is -4.04. The number of hydrogen-bond donors (Lipinski definition) is 1. The smallest absolute Gasteiger partial charge is 0.242 e. The molecule has 0 saturated carbocycles. The van der Waals surface area contributed by atoms with Crippen LogP contribution in [-0.2, 0) is 4.79 Å². The Morgan fingerprint density at radius 2 is 1.97 bits per heavy atom. The van der Waals surface area contributed by atoms with Crippen molar-refractivity contribution in [3.63, 3.8) is 0 Å². The number of amides is 1. The summed E-state index contributed by atoms with van der Waals surface area (Å²) in [5.41, 5.74) is 8.14. The largest absolute Gasteiger partial charge is 0.497 e. The first kappa shape index (κ1) is 19.6. The van der Waals surface area contributed by atoms with E-state index < -0.39 is 6.17 Å². The van der Waals surface area contributed by atoms with Crippen molar-refractivity contribution < 1.29 is 9.53 Å². The molecule has 0 spiro atoms. The third kappa shape index (κ3) is 3.27. The van der Waals surface area contributed by atoms with Crippen molar-refractivity contribution in [1.29, 1.82) is 0 Å². The number of thiazole rings is 1. The Labute approximate surface area is 194 Å². The first-order valence-electron chi connectivity index (χ1n) is 10.5. The molecule has 7 nitrogen and oxygen atoms in total.